The first kappa shape index (κ1) is 14.0. The molecule has 0 atom stereocenters. The highest BCUT2D eigenvalue weighted by atomic mass is 32.1. The van der Waals surface area contributed by atoms with Crippen LogP contribution in [0.1, 0.15) is 17.0 Å². The Kier molecular flexibility index (Phi) is 5.85. The van der Waals surface area contributed by atoms with Crippen LogP contribution in [0.4, 0.5) is 0 Å². The predicted octanol–water partition coefficient (Wildman–Crippen LogP) is 3.05. The number of aryl methyl sites for hydroxylation is 1. The maximum atomic E-state index is 5.63. The van der Waals surface area contributed by atoms with Crippen molar-refractivity contribution in [1.82, 2.24) is 10.3 Å². The van der Waals surface area contributed by atoms with E-state index in [-0.39, 0.29) is 0 Å². The molecule has 4 heteroatoms. The number of ether oxygens (including phenoxy) is 1. The molecule has 102 valence electrons. The summed E-state index contributed by atoms with van der Waals surface area (Å²) < 4.78 is 5.63. The third-order valence-electron chi connectivity index (χ3n) is 2.88. The fourth-order valence-electron chi connectivity index (χ4n) is 1.80. The third-order valence-corrected chi connectivity index (χ3v) is 3.88. The summed E-state index contributed by atoms with van der Waals surface area (Å²) in [7, 11) is 0. The number of nitrogens with zero attached hydrogens (tertiary/aromatic N) is 1. The van der Waals surface area contributed by atoms with Crippen LogP contribution in [0.25, 0.3) is 0 Å². The highest BCUT2D eigenvalue weighted by Gasteiger charge is 2.00. The van der Waals surface area contributed by atoms with Crippen LogP contribution in [0.15, 0.2) is 35.8 Å². The van der Waals surface area contributed by atoms with Crippen molar-refractivity contribution >= 4 is 11.3 Å². The van der Waals surface area contributed by atoms with E-state index in [2.05, 4.69) is 17.2 Å². The second kappa shape index (κ2) is 7.92. The molecule has 2 aromatic rings. The van der Waals surface area contributed by atoms with E-state index in [1.54, 1.807) is 11.3 Å². The summed E-state index contributed by atoms with van der Waals surface area (Å²) in [4.78, 5) is 5.63. The molecule has 0 aliphatic carbocycles. The van der Waals surface area contributed by atoms with Gasteiger partial charge in [-0.05, 0) is 38.4 Å². The molecule has 0 bridgehead atoms. The van der Waals surface area contributed by atoms with Crippen LogP contribution in [0, 0.1) is 6.92 Å². The van der Waals surface area contributed by atoms with Gasteiger partial charge < -0.3 is 10.1 Å². The van der Waals surface area contributed by atoms with Crippen LogP contribution in [-0.4, -0.2) is 24.7 Å². The number of para-hydroxylation sites is 1. The Morgan fingerprint density at radius 3 is 2.79 bits per heavy atom. The normalized spacial score (nSPS) is 10.6. The molecule has 0 amide bonds. The average Bonchev–Trinajstić information content (AvgIpc) is 2.84. The maximum Gasteiger partial charge on any atom is 0.119 e. The Morgan fingerprint density at radius 2 is 2.05 bits per heavy atom. The first-order chi connectivity index (χ1) is 9.36. The number of hydrogen-bond donors (Lipinski definition) is 1. The molecule has 0 unspecified atom stereocenters. The van der Waals surface area contributed by atoms with Crippen LogP contribution in [0.2, 0.25) is 0 Å². The Morgan fingerprint density at radius 1 is 1.21 bits per heavy atom. The summed E-state index contributed by atoms with van der Waals surface area (Å²) in [6.07, 6.45) is 2.09. The van der Waals surface area contributed by atoms with Crippen molar-refractivity contribution in [3.8, 4) is 5.75 Å². The highest BCUT2D eigenvalue weighted by molar-refractivity contribution is 7.09. The Balaban J connectivity index is 1.50. The molecular weight excluding hydrogens is 256 g/mol. The smallest absolute Gasteiger partial charge is 0.119 e. The van der Waals surface area contributed by atoms with E-state index in [0.29, 0.717) is 0 Å². The van der Waals surface area contributed by atoms with Gasteiger partial charge >= 0.3 is 0 Å². The van der Waals surface area contributed by atoms with Crippen molar-refractivity contribution in [2.75, 3.05) is 19.7 Å². The van der Waals surface area contributed by atoms with Crippen molar-refractivity contribution in [2.45, 2.75) is 19.8 Å². The van der Waals surface area contributed by atoms with E-state index in [9.17, 15) is 0 Å². The monoisotopic (exact) mass is 276 g/mol. The molecule has 1 heterocycles. The van der Waals surface area contributed by atoms with E-state index >= 15 is 0 Å². The first-order valence-corrected chi connectivity index (χ1v) is 7.52. The minimum atomic E-state index is 0.761. The summed E-state index contributed by atoms with van der Waals surface area (Å²) in [5, 5.41) is 3.44. The van der Waals surface area contributed by atoms with Gasteiger partial charge in [0.25, 0.3) is 0 Å². The topological polar surface area (TPSA) is 34.2 Å². The van der Waals surface area contributed by atoms with Gasteiger partial charge in [-0.25, -0.2) is 4.98 Å². The van der Waals surface area contributed by atoms with Crippen molar-refractivity contribution in [1.29, 1.82) is 0 Å². The fraction of sp³-hybridized carbons (Fsp3) is 0.400. The minimum absolute atomic E-state index is 0.761. The summed E-state index contributed by atoms with van der Waals surface area (Å²) in [6, 6.07) is 9.95. The average molecular weight is 276 g/mol. The van der Waals surface area contributed by atoms with Crippen molar-refractivity contribution in [3.05, 3.63) is 46.4 Å². The molecule has 3 nitrogen and oxygen atoms in total. The minimum Gasteiger partial charge on any atom is -0.494 e. The first-order valence-electron chi connectivity index (χ1n) is 6.64. The van der Waals surface area contributed by atoms with Gasteiger partial charge in [0.15, 0.2) is 0 Å². The van der Waals surface area contributed by atoms with Crippen molar-refractivity contribution in [2.24, 2.45) is 0 Å². The number of thiazole rings is 1. The number of benzene rings is 1. The summed E-state index contributed by atoms with van der Waals surface area (Å²) >= 11 is 1.74. The lowest BCUT2D eigenvalue weighted by Crippen LogP contribution is -2.20. The molecule has 1 N–H and O–H groups in total. The molecule has 0 radical (unpaired) electrons. The largest absolute Gasteiger partial charge is 0.494 e. The Labute approximate surface area is 118 Å². The zero-order valence-electron chi connectivity index (χ0n) is 11.3. The molecule has 2 rings (SSSR count). The molecule has 0 spiro atoms. The van der Waals surface area contributed by atoms with Gasteiger partial charge in [-0.3, -0.25) is 0 Å². The molecule has 0 saturated carbocycles. The maximum absolute atomic E-state index is 5.63. The number of aromatic nitrogens is 1. The van der Waals surface area contributed by atoms with E-state index in [4.69, 9.17) is 4.74 Å². The van der Waals surface area contributed by atoms with E-state index in [0.717, 1.165) is 38.3 Å². The lowest BCUT2D eigenvalue weighted by molar-refractivity contribution is 0.308. The van der Waals surface area contributed by atoms with Gasteiger partial charge in [0.2, 0.25) is 0 Å². The predicted molar refractivity (Wildman–Crippen MR) is 80.0 cm³/mol. The number of nitrogens with one attached hydrogen (secondary N) is 1. The van der Waals surface area contributed by atoms with Gasteiger partial charge in [-0.15, -0.1) is 11.3 Å². The molecule has 0 aliphatic heterocycles. The SMILES string of the molecule is Cc1ncsc1CCNCCCOc1ccccc1. The highest BCUT2D eigenvalue weighted by Crippen LogP contribution is 2.11. The van der Waals surface area contributed by atoms with Gasteiger partial charge in [0, 0.05) is 11.4 Å². The van der Waals surface area contributed by atoms with E-state index in [1.807, 2.05) is 35.8 Å². The zero-order valence-corrected chi connectivity index (χ0v) is 12.1. The van der Waals surface area contributed by atoms with Crippen molar-refractivity contribution in [3.63, 3.8) is 0 Å². The van der Waals surface area contributed by atoms with Gasteiger partial charge in [0.1, 0.15) is 5.75 Å². The number of rotatable bonds is 8. The molecule has 1 aromatic heterocycles. The van der Waals surface area contributed by atoms with E-state index < -0.39 is 0 Å². The molecule has 19 heavy (non-hydrogen) atoms. The van der Waals surface area contributed by atoms with Crippen LogP contribution in [0.3, 0.4) is 0 Å². The van der Waals surface area contributed by atoms with Crippen LogP contribution in [-0.2, 0) is 6.42 Å². The number of hydrogen-bond acceptors (Lipinski definition) is 4. The van der Waals surface area contributed by atoms with E-state index in [1.165, 1.54) is 10.6 Å². The lowest BCUT2D eigenvalue weighted by Gasteiger charge is -2.06. The second-order valence-corrected chi connectivity index (χ2v) is 5.32. The quantitative estimate of drug-likeness (QED) is 0.752. The molecule has 0 fully saturated rings. The molecule has 0 saturated heterocycles. The van der Waals surface area contributed by atoms with Gasteiger partial charge in [-0.2, -0.15) is 0 Å². The summed E-state index contributed by atoms with van der Waals surface area (Å²) in [5.74, 6) is 0.947. The van der Waals surface area contributed by atoms with Crippen molar-refractivity contribution < 1.29 is 4.74 Å². The molecule has 0 aliphatic rings. The second-order valence-electron chi connectivity index (χ2n) is 4.38. The lowest BCUT2D eigenvalue weighted by atomic mass is 10.3. The molecular formula is C15H20N2OS. The fourth-order valence-corrected chi connectivity index (χ4v) is 2.58. The van der Waals surface area contributed by atoms with Crippen LogP contribution >= 0.6 is 11.3 Å². The van der Waals surface area contributed by atoms with Gasteiger partial charge in [-0.1, -0.05) is 18.2 Å². The summed E-state index contributed by atoms with van der Waals surface area (Å²) in [6.45, 7) is 4.83. The Bertz CT molecular complexity index is 470. The summed E-state index contributed by atoms with van der Waals surface area (Å²) in [5.41, 5.74) is 3.08. The van der Waals surface area contributed by atoms with Crippen LogP contribution in [0.5, 0.6) is 5.75 Å². The van der Waals surface area contributed by atoms with Crippen LogP contribution < -0.4 is 10.1 Å². The van der Waals surface area contributed by atoms with Gasteiger partial charge in [0.05, 0.1) is 17.8 Å². The third kappa shape index (κ3) is 5.01. The standard InChI is InChI=1S/C15H20N2OS/c1-13-15(19-12-17-13)8-10-16-9-5-11-18-14-6-3-2-4-7-14/h2-4,6-7,12,16H,5,8-11H2,1H3. The Hall–Kier alpha value is -1.39. The molecule has 1 aromatic carbocycles. The zero-order chi connectivity index (χ0) is 13.3.